The van der Waals surface area contributed by atoms with Crippen molar-refractivity contribution in [1.82, 2.24) is 4.90 Å². The van der Waals surface area contributed by atoms with Crippen LogP contribution in [-0.2, 0) is 9.53 Å². The van der Waals surface area contributed by atoms with Gasteiger partial charge >= 0.3 is 5.97 Å². The molecule has 1 aliphatic carbocycles. The third kappa shape index (κ3) is 5.80. The van der Waals surface area contributed by atoms with E-state index >= 15 is 0 Å². The minimum atomic E-state index is -0.834. The van der Waals surface area contributed by atoms with E-state index in [1.807, 2.05) is 18.7 Å². The lowest BCUT2D eigenvalue weighted by molar-refractivity contribution is -0.139. The van der Waals surface area contributed by atoms with E-state index in [0.717, 1.165) is 25.7 Å². The van der Waals surface area contributed by atoms with E-state index in [1.54, 1.807) is 0 Å². The topological polar surface area (TPSA) is 70.0 Å². The number of hydrogen-bond donors (Lipinski definition) is 2. The molecule has 0 bridgehead atoms. The number of carboxylic acids is 1. The number of hydrogen-bond acceptors (Lipinski definition) is 4. The maximum Gasteiger partial charge on any atom is 0.317 e. The number of ether oxygens (including phenoxy) is 1. The maximum absolute atomic E-state index is 10.9. The Kier molecular flexibility index (Phi) is 6.60. The number of rotatable bonds is 8. The smallest absolute Gasteiger partial charge is 0.317 e. The third-order valence-corrected chi connectivity index (χ3v) is 3.25. The van der Waals surface area contributed by atoms with Gasteiger partial charge in [-0.25, -0.2) is 0 Å². The summed E-state index contributed by atoms with van der Waals surface area (Å²) in [7, 11) is 0. The lowest BCUT2D eigenvalue weighted by atomic mass is 10.2. The van der Waals surface area contributed by atoms with Gasteiger partial charge in [-0.3, -0.25) is 9.69 Å². The van der Waals surface area contributed by atoms with Gasteiger partial charge in [0.2, 0.25) is 0 Å². The molecular weight excluding hydrogens is 234 g/mol. The highest BCUT2D eigenvalue weighted by Gasteiger charge is 2.26. The molecular formula is C13H25NO4. The van der Waals surface area contributed by atoms with Gasteiger partial charge in [0.15, 0.2) is 0 Å². The van der Waals surface area contributed by atoms with Crippen LogP contribution in [0.15, 0.2) is 0 Å². The van der Waals surface area contributed by atoms with Crippen molar-refractivity contribution in [2.75, 3.05) is 19.7 Å². The van der Waals surface area contributed by atoms with Crippen LogP contribution in [0.1, 0.15) is 39.5 Å². The summed E-state index contributed by atoms with van der Waals surface area (Å²) < 4.78 is 5.35. The summed E-state index contributed by atoms with van der Waals surface area (Å²) in [5.41, 5.74) is 0. The lowest BCUT2D eigenvalue weighted by Crippen LogP contribution is -2.43. The Bertz CT molecular complexity index is 251. The fourth-order valence-electron chi connectivity index (χ4n) is 2.41. The molecule has 5 heteroatoms. The summed E-state index contributed by atoms with van der Waals surface area (Å²) in [6, 6.07) is 0.301. The predicted molar refractivity (Wildman–Crippen MR) is 68.6 cm³/mol. The van der Waals surface area contributed by atoms with Gasteiger partial charge in [-0.15, -0.1) is 0 Å². The Balaban J connectivity index is 2.41. The first kappa shape index (κ1) is 15.4. The van der Waals surface area contributed by atoms with Crippen LogP contribution in [0.25, 0.3) is 0 Å². The number of aliphatic carboxylic acids is 1. The van der Waals surface area contributed by atoms with Crippen molar-refractivity contribution in [3.05, 3.63) is 0 Å². The van der Waals surface area contributed by atoms with Crippen molar-refractivity contribution in [1.29, 1.82) is 0 Å². The van der Waals surface area contributed by atoms with Crippen molar-refractivity contribution in [2.24, 2.45) is 0 Å². The van der Waals surface area contributed by atoms with Crippen molar-refractivity contribution < 1.29 is 19.7 Å². The zero-order valence-electron chi connectivity index (χ0n) is 11.3. The van der Waals surface area contributed by atoms with Gasteiger partial charge in [0, 0.05) is 12.6 Å². The first-order valence-corrected chi connectivity index (χ1v) is 6.74. The molecule has 1 atom stereocenters. The lowest BCUT2D eigenvalue weighted by Gasteiger charge is -2.29. The van der Waals surface area contributed by atoms with Crippen LogP contribution in [0.5, 0.6) is 0 Å². The van der Waals surface area contributed by atoms with Crippen molar-refractivity contribution >= 4 is 5.97 Å². The Morgan fingerprint density at radius 2 is 2.00 bits per heavy atom. The van der Waals surface area contributed by atoms with E-state index in [9.17, 15) is 9.90 Å². The number of carboxylic acid groups (broad SMARTS) is 1. The molecule has 0 spiro atoms. The summed E-state index contributed by atoms with van der Waals surface area (Å²) in [5.74, 6) is -0.834. The summed E-state index contributed by atoms with van der Waals surface area (Å²) in [5, 5.41) is 18.8. The SMILES string of the molecule is CC(C)OCC(O)CN(CC(=O)O)C1CCCC1. The third-order valence-electron chi connectivity index (χ3n) is 3.25. The number of aliphatic hydroxyl groups is 1. The Labute approximate surface area is 109 Å². The monoisotopic (exact) mass is 259 g/mol. The van der Waals surface area contributed by atoms with E-state index in [1.165, 1.54) is 0 Å². The first-order chi connectivity index (χ1) is 8.49. The average molecular weight is 259 g/mol. The largest absolute Gasteiger partial charge is 0.480 e. The Hall–Kier alpha value is -0.650. The summed E-state index contributed by atoms with van der Waals surface area (Å²) >= 11 is 0. The zero-order chi connectivity index (χ0) is 13.5. The molecule has 0 radical (unpaired) electrons. The molecule has 18 heavy (non-hydrogen) atoms. The molecule has 0 heterocycles. The van der Waals surface area contributed by atoms with Crippen LogP contribution in [0, 0.1) is 0 Å². The highest BCUT2D eigenvalue weighted by molar-refractivity contribution is 5.69. The first-order valence-electron chi connectivity index (χ1n) is 6.74. The normalized spacial score (nSPS) is 18.7. The van der Waals surface area contributed by atoms with Crippen LogP contribution in [-0.4, -0.2) is 59.0 Å². The second-order valence-electron chi connectivity index (χ2n) is 5.30. The van der Waals surface area contributed by atoms with E-state index in [-0.39, 0.29) is 19.3 Å². The summed E-state index contributed by atoms with van der Waals surface area (Å²) in [4.78, 5) is 12.7. The molecule has 0 aromatic heterocycles. The molecule has 1 fully saturated rings. The van der Waals surface area contributed by atoms with Crippen LogP contribution < -0.4 is 0 Å². The molecule has 1 saturated carbocycles. The fourth-order valence-corrected chi connectivity index (χ4v) is 2.41. The van der Waals surface area contributed by atoms with Gasteiger partial charge in [0.1, 0.15) is 0 Å². The second-order valence-corrected chi connectivity index (χ2v) is 5.30. The molecule has 0 aromatic rings. The van der Waals surface area contributed by atoms with Gasteiger partial charge in [-0.1, -0.05) is 12.8 Å². The van der Waals surface area contributed by atoms with Crippen molar-refractivity contribution in [3.63, 3.8) is 0 Å². The van der Waals surface area contributed by atoms with Crippen LogP contribution in [0.4, 0.5) is 0 Å². The van der Waals surface area contributed by atoms with E-state index in [2.05, 4.69) is 0 Å². The Morgan fingerprint density at radius 3 is 2.50 bits per heavy atom. The van der Waals surface area contributed by atoms with E-state index < -0.39 is 12.1 Å². The average Bonchev–Trinajstić information content (AvgIpc) is 2.78. The van der Waals surface area contributed by atoms with Crippen LogP contribution in [0.2, 0.25) is 0 Å². The molecule has 106 valence electrons. The number of nitrogens with zero attached hydrogens (tertiary/aromatic N) is 1. The Morgan fingerprint density at radius 1 is 1.39 bits per heavy atom. The summed E-state index contributed by atoms with van der Waals surface area (Å²) in [6.45, 7) is 4.48. The second kappa shape index (κ2) is 7.71. The van der Waals surface area contributed by atoms with Gasteiger partial charge in [-0.2, -0.15) is 0 Å². The fraction of sp³-hybridized carbons (Fsp3) is 0.923. The van der Waals surface area contributed by atoms with E-state index in [4.69, 9.17) is 9.84 Å². The van der Waals surface area contributed by atoms with E-state index in [0.29, 0.717) is 12.6 Å². The van der Waals surface area contributed by atoms with Gasteiger partial charge in [0.05, 0.1) is 25.4 Å². The highest BCUT2D eigenvalue weighted by atomic mass is 16.5. The van der Waals surface area contributed by atoms with Gasteiger partial charge in [0.25, 0.3) is 0 Å². The minimum Gasteiger partial charge on any atom is -0.480 e. The molecule has 0 aromatic carbocycles. The molecule has 2 N–H and O–H groups in total. The number of aliphatic hydroxyl groups excluding tert-OH is 1. The van der Waals surface area contributed by atoms with Crippen LogP contribution in [0.3, 0.4) is 0 Å². The molecule has 1 aliphatic rings. The molecule has 0 saturated heterocycles. The molecule has 5 nitrogen and oxygen atoms in total. The maximum atomic E-state index is 10.9. The minimum absolute atomic E-state index is 0.00338. The molecule has 0 aliphatic heterocycles. The van der Waals surface area contributed by atoms with Crippen molar-refractivity contribution in [2.45, 2.75) is 57.8 Å². The van der Waals surface area contributed by atoms with Crippen LogP contribution >= 0.6 is 0 Å². The highest BCUT2D eigenvalue weighted by Crippen LogP contribution is 2.23. The predicted octanol–water partition coefficient (Wildman–Crippen LogP) is 1.10. The van der Waals surface area contributed by atoms with Crippen molar-refractivity contribution in [3.8, 4) is 0 Å². The molecule has 1 unspecified atom stereocenters. The summed E-state index contributed by atoms with van der Waals surface area (Å²) in [6.07, 6.45) is 3.83. The standard InChI is InChI=1S/C13H25NO4/c1-10(2)18-9-12(15)7-14(8-13(16)17)11-5-3-4-6-11/h10-12,15H,3-9H2,1-2H3,(H,16,17). The quantitative estimate of drug-likeness (QED) is 0.683. The van der Waals surface area contributed by atoms with Gasteiger partial charge < -0.3 is 14.9 Å². The molecule has 0 amide bonds. The number of carbonyl (C=O) groups is 1. The van der Waals surface area contributed by atoms with Gasteiger partial charge in [-0.05, 0) is 26.7 Å². The zero-order valence-corrected chi connectivity index (χ0v) is 11.3. The molecule has 1 rings (SSSR count).